The van der Waals surface area contributed by atoms with Crippen molar-refractivity contribution in [3.8, 4) is 0 Å². The summed E-state index contributed by atoms with van der Waals surface area (Å²) in [5, 5.41) is 12.2. The van der Waals surface area contributed by atoms with E-state index in [0.717, 1.165) is 47.5 Å². The van der Waals surface area contributed by atoms with Gasteiger partial charge in [-0.05, 0) is 42.8 Å². The molecule has 4 atom stereocenters. The molecule has 1 saturated heterocycles. The molecule has 1 amide bonds. The summed E-state index contributed by atoms with van der Waals surface area (Å²) in [5.74, 6) is -0.849. The van der Waals surface area contributed by atoms with Crippen molar-refractivity contribution in [3.63, 3.8) is 0 Å². The van der Waals surface area contributed by atoms with E-state index in [1.807, 2.05) is 72.9 Å². The highest BCUT2D eigenvalue weighted by Gasteiger charge is 2.32. The number of esters is 1. The van der Waals surface area contributed by atoms with Gasteiger partial charge in [0.25, 0.3) is 5.91 Å². The second-order valence-electron chi connectivity index (χ2n) is 10.4. The molecule has 3 aromatic rings. The first-order chi connectivity index (χ1) is 19.8. The van der Waals surface area contributed by atoms with Crippen LogP contribution >= 0.6 is 0 Å². The Morgan fingerprint density at radius 1 is 1.05 bits per heavy atom. The minimum Gasteiger partial charge on any atom is -0.453 e. The fourth-order valence-corrected chi connectivity index (χ4v) is 4.75. The maximum atomic E-state index is 12.2. The van der Waals surface area contributed by atoms with Crippen molar-refractivity contribution in [1.82, 2.24) is 15.2 Å². The van der Waals surface area contributed by atoms with Gasteiger partial charge in [0.1, 0.15) is 0 Å². The van der Waals surface area contributed by atoms with Crippen LogP contribution in [0, 0.1) is 0 Å². The number of carbonyl (C=O) groups is 2. The molecule has 1 unspecified atom stereocenters. The van der Waals surface area contributed by atoms with Crippen LogP contribution in [0.2, 0.25) is 0 Å². The van der Waals surface area contributed by atoms with Crippen molar-refractivity contribution in [2.45, 2.75) is 64.4 Å². The summed E-state index contributed by atoms with van der Waals surface area (Å²) in [6.07, 6.45) is 1.73. The average Bonchev–Trinajstić information content (AvgIpc) is 2.99. The molecule has 9 nitrogen and oxygen atoms in total. The Hall–Kier alpha value is -3.63. The molecule has 1 aliphatic heterocycles. The summed E-state index contributed by atoms with van der Waals surface area (Å²) >= 11 is 0. The minimum absolute atomic E-state index is 0.00328. The summed E-state index contributed by atoms with van der Waals surface area (Å²) in [6, 6.07) is 21.5. The Kier molecular flexibility index (Phi) is 11.0. The van der Waals surface area contributed by atoms with Crippen molar-refractivity contribution < 1.29 is 28.9 Å². The van der Waals surface area contributed by atoms with Crippen LogP contribution in [0.4, 0.5) is 0 Å². The quantitative estimate of drug-likeness (QED) is 0.321. The Balaban J connectivity index is 1.41. The lowest BCUT2D eigenvalue weighted by atomic mass is 9.99. The van der Waals surface area contributed by atoms with E-state index in [-0.39, 0.29) is 24.7 Å². The topological polar surface area (TPSA) is 110 Å². The number of pyridine rings is 1. The molecule has 0 aliphatic carbocycles. The molecule has 0 saturated carbocycles. The smallest absolute Gasteiger partial charge is 0.303 e. The van der Waals surface area contributed by atoms with Crippen molar-refractivity contribution in [2.75, 3.05) is 20.1 Å². The number of nitrogens with one attached hydrogen (secondary N) is 1. The second kappa shape index (κ2) is 14.8. The maximum Gasteiger partial charge on any atom is 0.303 e. The van der Waals surface area contributed by atoms with Crippen molar-refractivity contribution in [2.24, 2.45) is 0 Å². The molecule has 41 heavy (non-hydrogen) atoms. The summed E-state index contributed by atoms with van der Waals surface area (Å²) in [7, 11) is 2.09. The lowest BCUT2D eigenvalue weighted by Crippen LogP contribution is -2.38. The minimum atomic E-state index is -0.849. The van der Waals surface area contributed by atoms with Gasteiger partial charge in [-0.25, -0.2) is 0 Å². The number of likely N-dealkylation sites (N-methyl/N-ethyl adjacent to an activating group) is 1. The average molecular weight is 562 g/mol. The molecule has 2 aromatic carbocycles. The van der Waals surface area contributed by atoms with Gasteiger partial charge in [0.15, 0.2) is 12.4 Å². The Morgan fingerprint density at radius 3 is 2.41 bits per heavy atom. The number of nitrogens with zero attached hydrogens (tertiary/aromatic N) is 2. The monoisotopic (exact) mass is 561 g/mol. The van der Waals surface area contributed by atoms with Crippen LogP contribution in [0.15, 0.2) is 72.9 Å². The van der Waals surface area contributed by atoms with Crippen molar-refractivity contribution in [1.29, 1.82) is 0 Å². The van der Waals surface area contributed by atoms with Gasteiger partial charge in [-0.2, -0.15) is 0 Å². The molecular formula is C32H39N3O6. The standard InChI is InChI=1S/C32H39N3O6/c1-22(39-23(2)37)31(38)34-19-24-7-13-27(14-8-24)32-40-29(20-35(3)17-15-28-6-4-5-16-33-28)18-30(41-32)26-11-9-25(21-36)10-12-26/h4-14,16,22,29-30,32,36H,15,17-21H2,1-3H3,(H,34,38)/t22-,29-,30+,32?/m0/s1. The van der Waals surface area contributed by atoms with E-state index in [0.29, 0.717) is 13.0 Å². The molecule has 9 heteroatoms. The predicted molar refractivity (Wildman–Crippen MR) is 153 cm³/mol. The molecule has 4 rings (SSSR count). The van der Waals surface area contributed by atoms with E-state index in [1.165, 1.54) is 13.8 Å². The zero-order chi connectivity index (χ0) is 29.2. The first-order valence-electron chi connectivity index (χ1n) is 13.9. The van der Waals surface area contributed by atoms with E-state index in [4.69, 9.17) is 14.2 Å². The SMILES string of the molecule is CC(=O)O[C@@H](C)C(=O)NCc1ccc(C2O[C@H](CN(C)CCc3ccccn3)C[C@H](c3ccc(CO)cc3)O2)cc1. The zero-order valence-electron chi connectivity index (χ0n) is 23.9. The van der Waals surface area contributed by atoms with Gasteiger partial charge in [0.05, 0.1) is 18.8 Å². The summed E-state index contributed by atoms with van der Waals surface area (Å²) in [5.41, 5.74) is 4.73. The number of benzene rings is 2. The van der Waals surface area contributed by atoms with Gasteiger partial charge >= 0.3 is 5.97 Å². The van der Waals surface area contributed by atoms with Crippen LogP contribution < -0.4 is 5.32 Å². The fraction of sp³-hybridized carbons (Fsp3) is 0.406. The van der Waals surface area contributed by atoms with E-state index in [2.05, 4.69) is 22.2 Å². The number of amides is 1. The third-order valence-corrected chi connectivity index (χ3v) is 7.04. The first kappa shape index (κ1) is 30.3. The Labute approximate surface area is 241 Å². The molecule has 2 N–H and O–H groups in total. The number of hydrogen-bond donors (Lipinski definition) is 2. The summed E-state index contributed by atoms with van der Waals surface area (Å²) in [6.45, 7) is 4.71. The van der Waals surface area contributed by atoms with Crippen LogP contribution in [0.1, 0.15) is 60.6 Å². The number of aliphatic hydroxyl groups excluding tert-OH is 1. The third-order valence-electron chi connectivity index (χ3n) is 7.04. The van der Waals surface area contributed by atoms with Crippen molar-refractivity contribution >= 4 is 11.9 Å². The highest BCUT2D eigenvalue weighted by molar-refractivity contribution is 5.82. The molecule has 0 spiro atoms. The summed E-state index contributed by atoms with van der Waals surface area (Å²) in [4.78, 5) is 30.0. The molecule has 1 fully saturated rings. The van der Waals surface area contributed by atoms with Gasteiger partial charge in [-0.15, -0.1) is 0 Å². The number of ether oxygens (including phenoxy) is 3. The van der Waals surface area contributed by atoms with Crippen LogP contribution in [0.3, 0.4) is 0 Å². The highest BCUT2D eigenvalue weighted by atomic mass is 16.7. The van der Waals surface area contributed by atoms with E-state index in [9.17, 15) is 14.7 Å². The molecule has 218 valence electrons. The van der Waals surface area contributed by atoms with Gasteiger partial charge < -0.3 is 29.5 Å². The molecule has 1 aromatic heterocycles. The predicted octanol–water partition coefficient (Wildman–Crippen LogP) is 3.86. The van der Waals surface area contributed by atoms with Gasteiger partial charge in [0, 0.05) is 56.9 Å². The number of aromatic nitrogens is 1. The molecule has 0 radical (unpaired) electrons. The number of rotatable bonds is 12. The van der Waals surface area contributed by atoms with Crippen LogP contribution in [0.5, 0.6) is 0 Å². The van der Waals surface area contributed by atoms with Gasteiger partial charge in [-0.3, -0.25) is 14.6 Å². The van der Waals surface area contributed by atoms with Gasteiger partial charge in [-0.1, -0.05) is 54.6 Å². The lowest BCUT2D eigenvalue weighted by molar-refractivity contribution is -0.252. The largest absolute Gasteiger partial charge is 0.453 e. The first-order valence-corrected chi connectivity index (χ1v) is 13.9. The lowest BCUT2D eigenvalue weighted by Gasteiger charge is -2.38. The summed E-state index contributed by atoms with van der Waals surface area (Å²) < 4.78 is 17.8. The van der Waals surface area contributed by atoms with E-state index >= 15 is 0 Å². The van der Waals surface area contributed by atoms with Crippen LogP contribution in [-0.2, 0) is 43.4 Å². The number of hydrogen-bond acceptors (Lipinski definition) is 8. The van der Waals surface area contributed by atoms with Crippen LogP contribution in [0.25, 0.3) is 0 Å². The second-order valence-corrected chi connectivity index (χ2v) is 10.4. The van der Waals surface area contributed by atoms with E-state index in [1.54, 1.807) is 0 Å². The highest BCUT2D eigenvalue weighted by Crippen LogP contribution is 2.38. The number of aliphatic hydroxyl groups is 1. The molecule has 0 bridgehead atoms. The molecule has 1 aliphatic rings. The third kappa shape index (κ3) is 9.19. The van der Waals surface area contributed by atoms with Crippen LogP contribution in [-0.4, -0.2) is 59.2 Å². The van der Waals surface area contributed by atoms with E-state index < -0.39 is 18.4 Å². The normalized spacial score (nSPS) is 19.5. The van der Waals surface area contributed by atoms with Crippen molar-refractivity contribution in [3.05, 3.63) is 101 Å². The fourth-order valence-electron chi connectivity index (χ4n) is 4.75. The zero-order valence-corrected chi connectivity index (χ0v) is 23.9. The molecule has 2 heterocycles. The number of carbonyl (C=O) groups excluding carboxylic acids is 2. The molecular weight excluding hydrogens is 522 g/mol. The van der Waals surface area contributed by atoms with Gasteiger partial charge in [0.2, 0.25) is 0 Å². The Morgan fingerprint density at radius 2 is 1.76 bits per heavy atom. The Bertz CT molecular complexity index is 1250. The maximum absolute atomic E-state index is 12.2.